The summed E-state index contributed by atoms with van der Waals surface area (Å²) in [7, 11) is 1.60. The van der Waals surface area contributed by atoms with Gasteiger partial charge in [-0.1, -0.05) is 0 Å². The van der Waals surface area contributed by atoms with E-state index in [1.807, 2.05) is 0 Å². The number of anilines is 1. The minimum atomic E-state index is -0.576. The fourth-order valence-corrected chi connectivity index (χ4v) is 1.64. The minimum absolute atomic E-state index is 0.0269. The third-order valence-electron chi connectivity index (χ3n) is 2.57. The zero-order valence-corrected chi connectivity index (χ0v) is 9.89. The Kier molecular flexibility index (Phi) is 3.32. The monoisotopic (exact) mass is 248 g/mol. The highest BCUT2D eigenvalue weighted by molar-refractivity contribution is 5.95. The number of nitrogens with zero attached hydrogens (tertiary/aromatic N) is 1. The van der Waals surface area contributed by atoms with Crippen molar-refractivity contribution in [2.45, 2.75) is 6.54 Å². The van der Waals surface area contributed by atoms with E-state index in [0.29, 0.717) is 12.2 Å². The van der Waals surface area contributed by atoms with Crippen LogP contribution < -0.4 is 5.73 Å². The molecule has 18 heavy (non-hydrogen) atoms. The first-order chi connectivity index (χ1) is 8.58. The topological polar surface area (TPSA) is 59.5 Å². The fourth-order valence-electron chi connectivity index (χ4n) is 1.64. The molecule has 2 N–H and O–H groups in total. The molecule has 0 unspecified atom stereocenters. The van der Waals surface area contributed by atoms with Gasteiger partial charge in [0.25, 0.3) is 5.91 Å². The van der Waals surface area contributed by atoms with Crippen molar-refractivity contribution in [2.75, 3.05) is 12.8 Å². The van der Waals surface area contributed by atoms with Gasteiger partial charge in [-0.3, -0.25) is 4.79 Å². The molecule has 1 aromatic heterocycles. The number of halogens is 1. The van der Waals surface area contributed by atoms with Gasteiger partial charge in [0.2, 0.25) is 0 Å². The minimum Gasteiger partial charge on any atom is -0.472 e. The van der Waals surface area contributed by atoms with Gasteiger partial charge in [-0.15, -0.1) is 0 Å². The van der Waals surface area contributed by atoms with Gasteiger partial charge in [0.1, 0.15) is 5.82 Å². The zero-order valence-electron chi connectivity index (χ0n) is 9.89. The number of rotatable bonds is 3. The van der Waals surface area contributed by atoms with E-state index in [1.165, 1.54) is 29.4 Å². The third kappa shape index (κ3) is 2.51. The van der Waals surface area contributed by atoms with Crippen LogP contribution in [0.2, 0.25) is 0 Å². The number of benzene rings is 1. The van der Waals surface area contributed by atoms with Crippen LogP contribution in [-0.2, 0) is 6.54 Å². The molecule has 4 nitrogen and oxygen atoms in total. The van der Waals surface area contributed by atoms with Gasteiger partial charge in [-0.25, -0.2) is 4.39 Å². The van der Waals surface area contributed by atoms with Gasteiger partial charge in [0.15, 0.2) is 0 Å². The van der Waals surface area contributed by atoms with E-state index in [-0.39, 0.29) is 5.56 Å². The number of amides is 1. The maximum atomic E-state index is 13.5. The Morgan fingerprint density at radius 3 is 2.89 bits per heavy atom. The first kappa shape index (κ1) is 12.2. The summed E-state index contributed by atoms with van der Waals surface area (Å²) in [6.45, 7) is 0.351. The summed E-state index contributed by atoms with van der Waals surface area (Å²) in [5.74, 6) is -0.991. The molecule has 0 fully saturated rings. The van der Waals surface area contributed by atoms with Crippen LogP contribution in [0.5, 0.6) is 0 Å². The number of carbonyl (C=O) groups excluding carboxylic acids is 1. The molecule has 0 aliphatic rings. The first-order valence-corrected chi connectivity index (χ1v) is 5.39. The smallest absolute Gasteiger partial charge is 0.256 e. The maximum Gasteiger partial charge on any atom is 0.256 e. The fraction of sp³-hybridized carbons (Fsp3) is 0.154. The predicted octanol–water partition coefficient (Wildman–Crippen LogP) is 2.27. The number of hydrogen-bond acceptors (Lipinski definition) is 3. The SMILES string of the molecule is CN(Cc1ccoc1)C(=O)c1cc(N)ccc1F. The average Bonchev–Trinajstić information content (AvgIpc) is 2.84. The van der Waals surface area contributed by atoms with Gasteiger partial charge < -0.3 is 15.1 Å². The number of nitrogens with two attached hydrogens (primary N) is 1. The molecule has 0 atom stereocenters. The van der Waals surface area contributed by atoms with Crippen LogP contribution in [0.4, 0.5) is 10.1 Å². The Morgan fingerprint density at radius 2 is 2.22 bits per heavy atom. The summed E-state index contributed by atoms with van der Waals surface area (Å²) in [6, 6.07) is 5.69. The summed E-state index contributed by atoms with van der Waals surface area (Å²) >= 11 is 0. The molecule has 1 amide bonds. The molecule has 0 aliphatic carbocycles. The van der Waals surface area contributed by atoms with Gasteiger partial charge in [-0.2, -0.15) is 0 Å². The van der Waals surface area contributed by atoms with Crippen molar-refractivity contribution in [1.29, 1.82) is 0 Å². The molecule has 0 saturated carbocycles. The average molecular weight is 248 g/mol. The number of carbonyl (C=O) groups is 1. The van der Waals surface area contributed by atoms with Crippen molar-refractivity contribution in [2.24, 2.45) is 0 Å². The lowest BCUT2D eigenvalue weighted by Crippen LogP contribution is -2.27. The maximum absolute atomic E-state index is 13.5. The number of hydrogen-bond donors (Lipinski definition) is 1. The van der Waals surface area contributed by atoms with E-state index >= 15 is 0 Å². The lowest BCUT2D eigenvalue weighted by atomic mass is 10.1. The standard InChI is InChI=1S/C13H13FN2O2/c1-16(7-9-4-5-18-8-9)13(17)11-6-10(15)2-3-12(11)14/h2-6,8H,7,15H2,1H3. The van der Waals surface area contributed by atoms with E-state index < -0.39 is 11.7 Å². The van der Waals surface area contributed by atoms with Crippen LogP contribution >= 0.6 is 0 Å². The summed E-state index contributed by atoms with van der Waals surface area (Å²) < 4.78 is 18.4. The molecule has 1 heterocycles. The second-order valence-corrected chi connectivity index (χ2v) is 4.03. The van der Waals surface area contributed by atoms with Crippen LogP contribution in [-0.4, -0.2) is 17.9 Å². The van der Waals surface area contributed by atoms with Crippen molar-refractivity contribution in [3.05, 3.63) is 53.7 Å². The van der Waals surface area contributed by atoms with Gasteiger partial charge in [0.05, 0.1) is 18.1 Å². The van der Waals surface area contributed by atoms with E-state index in [4.69, 9.17) is 10.2 Å². The van der Waals surface area contributed by atoms with Crippen molar-refractivity contribution in [3.8, 4) is 0 Å². The predicted molar refractivity (Wildman–Crippen MR) is 65.3 cm³/mol. The van der Waals surface area contributed by atoms with Crippen LogP contribution in [0.1, 0.15) is 15.9 Å². The van der Waals surface area contributed by atoms with Crippen LogP contribution in [0.25, 0.3) is 0 Å². The van der Waals surface area contributed by atoms with Crippen molar-refractivity contribution < 1.29 is 13.6 Å². The molecule has 94 valence electrons. The Balaban J connectivity index is 2.17. The Labute approximate surface area is 104 Å². The van der Waals surface area contributed by atoms with E-state index in [1.54, 1.807) is 19.4 Å². The Hall–Kier alpha value is -2.30. The number of nitrogen functional groups attached to an aromatic ring is 1. The largest absolute Gasteiger partial charge is 0.472 e. The summed E-state index contributed by atoms with van der Waals surface area (Å²) in [4.78, 5) is 13.4. The molecule has 0 spiro atoms. The third-order valence-corrected chi connectivity index (χ3v) is 2.57. The van der Waals surface area contributed by atoms with E-state index in [0.717, 1.165) is 5.56 Å². The summed E-state index contributed by atoms with van der Waals surface area (Å²) in [6.07, 6.45) is 3.06. The van der Waals surface area contributed by atoms with Crippen LogP contribution in [0.3, 0.4) is 0 Å². The van der Waals surface area contributed by atoms with E-state index in [2.05, 4.69) is 0 Å². The molecule has 2 rings (SSSR count). The highest BCUT2D eigenvalue weighted by Gasteiger charge is 2.16. The van der Waals surface area contributed by atoms with E-state index in [9.17, 15) is 9.18 Å². The molecular formula is C13H13FN2O2. The highest BCUT2D eigenvalue weighted by Crippen LogP contribution is 2.15. The molecular weight excluding hydrogens is 235 g/mol. The molecule has 5 heteroatoms. The van der Waals surface area contributed by atoms with Crippen LogP contribution in [0.15, 0.2) is 41.2 Å². The van der Waals surface area contributed by atoms with Gasteiger partial charge in [-0.05, 0) is 24.3 Å². The molecule has 0 aliphatic heterocycles. The molecule has 2 aromatic rings. The molecule has 0 saturated heterocycles. The molecule has 1 aromatic carbocycles. The second-order valence-electron chi connectivity index (χ2n) is 4.03. The Morgan fingerprint density at radius 1 is 1.44 bits per heavy atom. The van der Waals surface area contributed by atoms with Crippen molar-refractivity contribution >= 4 is 11.6 Å². The van der Waals surface area contributed by atoms with Crippen LogP contribution in [0, 0.1) is 5.82 Å². The van der Waals surface area contributed by atoms with Crippen molar-refractivity contribution in [3.63, 3.8) is 0 Å². The molecule has 0 radical (unpaired) electrons. The summed E-state index contributed by atoms with van der Waals surface area (Å²) in [5, 5.41) is 0. The first-order valence-electron chi connectivity index (χ1n) is 5.39. The normalized spacial score (nSPS) is 10.3. The van der Waals surface area contributed by atoms with Gasteiger partial charge in [0, 0.05) is 24.8 Å². The number of furan rings is 1. The highest BCUT2D eigenvalue weighted by atomic mass is 19.1. The van der Waals surface area contributed by atoms with Gasteiger partial charge >= 0.3 is 0 Å². The Bertz CT molecular complexity index is 552. The quantitative estimate of drug-likeness (QED) is 0.848. The lowest BCUT2D eigenvalue weighted by molar-refractivity contribution is 0.0780. The molecule has 0 bridgehead atoms. The summed E-state index contributed by atoms with van der Waals surface area (Å²) in [5.41, 5.74) is 6.72. The van der Waals surface area contributed by atoms with Crippen molar-refractivity contribution in [1.82, 2.24) is 4.90 Å². The lowest BCUT2D eigenvalue weighted by Gasteiger charge is -2.16. The zero-order chi connectivity index (χ0) is 13.1. The second kappa shape index (κ2) is 4.91.